The van der Waals surface area contributed by atoms with Gasteiger partial charge in [-0.2, -0.15) is 0 Å². The monoisotopic (exact) mass is 295 g/mol. The van der Waals surface area contributed by atoms with Crippen molar-refractivity contribution in [1.29, 1.82) is 0 Å². The predicted molar refractivity (Wildman–Crippen MR) is 85.2 cm³/mol. The molecule has 1 saturated heterocycles. The van der Waals surface area contributed by atoms with Gasteiger partial charge in [0.2, 0.25) is 0 Å². The average Bonchev–Trinajstić information content (AvgIpc) is 2.99. The van der Waals surface area contributed by atoms with Crippen LogP contribution in [0.2, 0.25) is 0 Å². The number of pyridine rings is 1. The molecule has 112 valence electrons. The number of fused-ring (bicyclic) bond motifs is 1. The number of phenols is 1. The van der Waals surface area contributed by atoms with Gasteiger partial charge in [-0.15, -0.1) is 5.10 Å². The summed E-state index contributed by atoms with van der Waals surface area (Å²) in [6.07, 6.45) is 1.92. The fourth-order valence-corrected chi connectivity index (χ4v) is 2.77. The van der Waals surface area contributed by atoms with Crippen LogP contribution in [-0.2, 0) is 0 Å². The Balaban J connectivity index is 1.73. The number of nitrogens with one attached hydrogen (secondary N) is 1. The van der Waals surface area contributed by atoms with Crippen LogP contribution in [0.3, 0.4) is 0 Å². The summed E-state index contributed by atoms with van der Waals surface area (Å²) in [5.41, 5.74) is 2.59. The highest BCUT2D eigenvalue weighted by molar-refractivity contribution is 5.66. The van der Waals surface area contributed by atoms with Crippen molar-refractivity contribution in [2.45, 2.75) is 0 Å². The zero-order valence-corrected chi connectivity index (χ0v) is 12.1. The first-order chi connectivity index (χ1) is 10.8. The van der Waals surface area contributed by atoms with E-state index >= 15 is 0 Å². The fourth-order valence-electron chi connectivity index (χ4n) is 2.77. The number of anilines is 1. The standard InChI is InChI=1S/C16H17N5O/c22-14-4-2-1-3-13(14)16-18-15-11-12(5-8-21(15)19-16)20-9-6-17-7-10-20/h1-5,8,11,17,22H,6-7,9-10H2. The van der Waals surface area contributed by atoms with E-state index in [9.17, 15) is 5.11 Å². The van der Waals surface area contributed by atoms with Gasteiger partial charge in [-0.25, -0.2) is 9.50 Å². The topological polar surface area (TPSA) is 65.7 Å². The van der Waals surface area contributed by atoms with Crippen LogP contribution >= 0.6 is 0 Å². The second kappa shape index (κ2) is 5.31. The molecule has 0 bridgehead atoms. The number of para-hydroxylation sites is 1. The number of hydrogen-bond acceptors (Lipinski definition) is 5. The summed E-state index contributed by atoms with van der Waals surface area (Å²) in [4.78, 5) is 6.89. The Morgan fingerprint density at radius 1 is 1.09 bits per heavy atom. The van der Waals surface area contributed by atoms with E-state index in [1.807, 2.05) is 24.4 Å². The van der Waals surface area contributed by atoms with Crippen molar-refractivity contribution in [1.82, 2.24) is 19.9 Å². The van der Waals surface area contributed by atoms with Gasteiger partial charge in [0, 0.05) is 44.1 Å². The normalized spacial score (nSPS) is 15.4. The maximum atomic E-state index is 9.94. The van der Waals surface area contributed by atoms with Crippen molar-refractivity contribution in [3.05, 3.63) is 42.6 Å². The average molecular weight is 295 g/mol. The number of benzene rings is 1. The number of rotatable bonds is 2. The van der Waals surface area contributed by atoms with Crippen LogP contribution in [0.15, 0.2) is 42.6 Å². The second-order valence-corrected chi connectivity index (χ2v) is 5.38. The Morgan fingerprint density at radius 3 is 2.73 bits per heavy atom. The van der Waals surface area contributed by atoms with Gasteiger partial charge in [-0.1, -0.05) is 12.1 Å². The molecule has 6 heteroatoms. The van der Waals surface area contributed by atoms with Crippen molar-refractivity contribution >= 4 is 11.3 Å². The zero-order valence-electron chi connectivity index (χ0n) is 12.1. The minimum Gasteiger partial charge on any atom is -0.507 e. The predicted octanol–water partition coefficient (Wildman–Crippen LogP) is 1.51. The van der Waals surface area contributed by atoms with Crippen molar-refractivity contribution in [3.63, 3.8) is 0 Å². The van der Waals surface area contributed by atoms with E-state index in [-0.39, 0.29) is 5.75 Å². The molecule has 1 fully saturated rings. The van der Waals surface area contributed by atoms with Crippen molar-refractivity contribution in [2.75, 3.05) is 31.1 Å². The van der Waals surface area contributed by atoms with Gasteiger partial charge < -0.3 is 15.3 Å². The molecule has 2 aromatic heterocycles. The maximum Gasteiger partial charge on any atom is 0.185 e. The lowest BCUT2D eigenvalue weighted by Crippen LogP contribution is -2.43. The summed E-state index contributed by atoms with van der Waals surface area (Å²) in [7, 11) is 0. The molecule has 0 unspecified atom stereocenters. The second-order valence-electron chi connectivity index (χ2n) is 5.38. The van der Waals surface area contributed by atoms with Gasteiger partial charge in [0.05, 0.1) is 5.56 Å². The third kappa shape index (κ3) is 2.27. The van der Waals surface area contributed by atoms with E-state index in [1.165, 1.54) is 0 Å². The largest absolute Gasteiger partial charge is 0.507 e. The molecule has 0 radical (unpaired) electrons. The van der Waals surface area contributed by atoms with E-state index in [1.54, 1.807) is 16.6 Å². The first-order valence-electron chi connectivity index (χ1n) is 7.42. The van der Waals surface area contributed by atoms with Crippen LogP contribution in [-0.4, -0.2) is 45.9 Å². The lowest BCUT2D eigenvalue weighted by Gasteiger charge is -2.29. The molecule has 6 nitrogen and oxygen atoms in total. The Hall–Kier alpha value is -2.60. The van der Waals surface area contributed by atoms with Crippen molar-refractivity contribution in [2.24, 2.45) is 0 Å². The van der Waals surface area contributed by atoms with Gasteiger partial charge in [-0.3, -0.25) is 0 Å². The third-order valence-electron chi connectivity index (χ3n) is 3.95. The minimum absolute atomic E-state index is 0.195. The van der Waals surface area contributed by atoms with Crippen LogP contribution in [0.5, 0.6) is 5.75 Å². The molecule has 0 amide bonds. The smallest absolute Gasteiger partial charge is 0.185 e. The van der Waals surface area contributed by atoms with Crippen LogP contribution in [0.1, 0.15) is 0 Å². The first-order valence-corrected chi connectivity index (χ1v) is 7.42. The Morgan fingerprint density at radius 2 is 1.91 bits per heavy atom. The van der Waals surface area contributed by atoms with Crippen LogP contribution < -0.4 is 10.2 Å². The van der Waals surface area contributed by atoms with E-state index in [0.717, 1.165) is 37.5 Å². The maximum absolute atomic E-state index is 9.94. The molecular weight excluding hydrogens is 278 g/mol. The molecule has 2 N–H and O–H groups in total. The first kappa shape index (κ1) is 13.1. The lowest BCUT2D eigenvalue weighted by atomic mass is 10.2. The third-order valence-corrected chi connectivity index (χ3v) is 3.95. The SMILES string of the molecule is Oc1ccccc1-c1nc2cc(N3CCNCC3)ccn2n1. The molecule has 4 rings (SSSR count). The molecule has 1 aliphatic heterocycles. The van der Waals surface area contributed by atoms with E-state index < -0.39 is 0 Å². The minimum atomic E-state index is 0.195. The van der Waals surface area contributed by atoms with Crippen LogP contribution in [0, 0.1) is 0 Å². The molecule has 0 saturated carbocycles. The Bertz CT molecular complexity index is 807. The summed E-state index contributed by atoms with van der Waals surface area (Å²) < 4.78 is 1.74. The number of aromatic nitrogens is 3. The summed E-state index contributed by atoms with van der Waals surface area (Å²) in [5.74, 6) is 0.733. The number of nitrogens with zero attached hydrogens (tertiary/aromatic N) is 4. The number of aromatic hydroxyl groups is 1. The molecule has 1 aliphatic rings. The van der Waals surface area contributed by atoms with Gasteiger partial charge >= 0.3 is 0 Å². The molecule has 0 atom stereocenters. The highest BCUT2D eigenvalue weighted by atomic mass is 16.3. The lowest BCUT2D eigenvalue weighted by molar-refractivity contribution is 0.477. The Labute approximate surface area is 128 Å². The van der Waals surface area contributed by atoms with Gasteiger partial charge in [0.25, 0.3) is 0 Å². The number of phenolic OH excluding ortho intramolecular Hbond substituents is 1. The molecule has 3 aromatic rings. The molecule has 0 spiro atoms. The quantitative estimate of drug-likeness (QED) is 0.750. The fraction of sp³-hybridized carbons (Fsp3) is 0.250. The number of piperazine rings is 1. The van der Waals surface area contributed by atoms with E-state index in [0.29, 0.717) is 11.4 Å². The number of hydrogen-bond donors (Lipinski definition) is 2. The van der Waals surface area contributed by atoms with Crippen molar-refractivity contribution in [3.8, 4) is 17.1 Å². The molecular formula is C16H17N5O. The highest BCUT2D eigenvalue weighted by Crippen LogP contribution is 2.27. The molecule has 1 aromatic carbocycles. The summed E-state index contributed by atoms with van der Waals surface area (Å²) >= 11 is 0. The van der Waals surface area contributed by atoms with E-state index in [2.05, 4.69) is 26.4 Å². The van der Waals surface area contributed by atoms with Crippen LogP contribution in [0.4, 0.5) is 5.69 Å². The van der Waals surface area contributed by atoms with Gasteiger partial charge in [0.15, 0.2) is 11.5 Å². The summed E-state index contributed by atoms with van der Waals surface area (Å²) in [5, 5.41) is 17.7. The molecule has 22 heavy (non-hydrogen) atoms. The van der Waals surface area contributed by atoms with Gasteiger partial charge in [0.1, 0.15) is 5.75 Å². The zero-order chi connectivity index (χ0) is 14.9. The van der Waals surface area contributed by atoms with Gasteiger partial charge in [-0.05, 0) is 18.2 Å². The van der Waals surface area contributed by atoms with Crippen LogP contribution in [0.25, 0.3) is 17.0 Å². The summed E-state index contributed by atoms with van der Waals surface area (Å²) in [6.45, 7) is 4.00. The van der Waals surface area contributed by atoms with Crippen molar-refractivity contribution < 1.29 is 5.11 Å². The molecule has 3 heterocycles. The van der Waals surface area contributed by atoms with E-state index in [4.69, 9.17) is 0 Å². The Kier molecular flexibility index (Phi) is 3.16. The summed E-state index contributed by atoms with van der Waals surface area (Å²) in [6, 6.07) is 11.2. The molecule has 0 aliphatic carbocycles. The highest BCUT2D eigenvalue weighted by Gasteiger charge is 2.14.